The number of nitrogens with zero attached hydrogens (tertiary/aromatic N) is 6. The van der Waals surface area contributed by atoms with E-state index in [-0.39, 0.29) is 31.6 Å². The zero-order valence-electron chi connectivity index (χ0n) is 18.8. The van der Waals surface area contributed by atoms with Gasteiger partial charge in [0.1, 0.15) is 18.6 Å². The summed E-state index contributed by atoms with van der Waals surface area (Å²) in [6.45, 7) is 0.886. The Morgan fingerprint density at radius 1 is 1.21 bits per heavy atom. The first-order valence-electron chi connectivity index (χ1n) is 11.3. The molecule has 5 rings (SSSR count). The molecule has 186 valence electrons. The summed E-state index contributed by atoms with van der Waals surface area (Å²) in [6, 6.07) is -3.93. The molecule has 34 heavy (non-hydrogen) atoms. The van der Waals surface area contributed by atoms with Crippen LogP contribution in [0.2, 0.25) is 0 Å². The van der Waals surface area contributed by atoms with E-state index in [1.165, 1.54) is 16.8 Å². The van der Waals surface area contributed by atoms with Crippen LogP contribution in [-0.2, 0) is 4.79 Å². The normalized spacial score (nSPS) is 34.5. The van der Waals surface area contributed by atoms with Crippen LogP contribution in [0.15, 0.2) is 9.98 Å². The summed E-state index contributed by atoms with van der Waals surface area (Å²) in [7, 11) is 1.51. The number of amides is 5. The molecule has 15 nitrogen and oxygen atoms in total. The number of likely N-dealkylation sites (N-methyl/N-ethyl adjacent to an activating group) is 1. The fourth-order valence-corrected chi connectivity index (χ4v) is 5.61. The van der Waals surface area contributed by atoms with Gasteiger partial charge in [0.15, 0.2) is 17.6 Å². The molecule has 0 aromatic heterocycles. The van der Waals surface area contributed by atoms with E-state index in [4.69, 9.17) is 11.5 Å². The number of nitrogens with two attached hydrogens (primary N) is 2. The van der Waals surface area contributed by atoms with Gasteiger partial charge in [0.2, 0.25) is 11.7 Å². The second-order valence-corrected chi connectivity index (χ2v) is 9.43. The van der Waals surface area contributed by atoms with Crippen LogP contribution in [0.1, 0.15) is 19.3 Å². The molecule has 0 aliphatic carbocycles. The maximum atomic E-state index is 12.8. The van der Waals surface area contributed by atoms with Gasteiger partial charge in [0.05, 0.1) is 12.6 Å². The van der Waals surface area contributed by atoms with Crippen molar-refractivity contribution in [3.63, 3.8) is 0 Å². The van der Waals surface area contributed by atoms with Gasteiger partial charge in [0.25, 0.3) is 0 Å². The highest BCUT2D eigenvalue weighted by atomic mass is 16.5. The van der Waals surface area contributed by atoms with Crippen molar-refractivity contribution < 1.29 is 24.6 Å². The van der Waals surface area contributed by atoms with E-state index in [9.17, 15) is 24.6 Å². The van der Waals surface area contributed by atoms with Crippen LogP contribution in [0.5, 0.6) is 0 Å². The number of aliphatic hydroxyl groups is 2. The Balaban J connectivity index is 1.44. The molecule has 1 spiro atoms. The van der Waals surface area contributed by atoms with Gasteiger partial charge in [-0.05, 0) is 19.3 Å². The van der Waals surface area contributed by atoms with Crippen LogP contribution >= 0.6 is 0 Å². The van der Waals surface area contributed by atoms with Crippen molar-refractivity contribution in [1.82, 2.24) is 30.2 Å². The van der Waals surface area contributed by atoms with Crippen molar-refractivity contribution in [2.24, 2.45) is 21.5 Å². The van der Waals surface area contributed by atoms with Gasteiger partial charge in [-0.3, -0.25) is 9.69 Å². The predicted molar refractivity (Wildman–Crippen MR) is 118 cm³/mol. The number of hydrogen-bond acceptors (Lipinski definition) is 11. The number of nitrogens with one attached hydrogen (secondary N) is 2. The fourth-order valence-electron chi connectivity index (χ4n) is 5.61. The number of hydrogen-bond donors (Lipinski definition) is 6. The largest absolute Gasteiger partial charge is 0.370 e. The molecular formula is C19H30N10O5. The van der Waals surface area contributed by atoms with E-state index >= 15 is 0 Å². The molecular weight excluding hydrogens is 448 g/mol. The molecule has 5 aliphatic heterocycles. The fraction of sp³-hybridized carbons (Fsp3) is 0.737. The summed E-state index contributed by atoms with van der Waals surface area (Å²) >= 11 is 0. The lowest BCUT2D eigenvalue weighted by atomic mass is 9.85. The minimum Gasteiger partial charge on any atom is -0.370 e. The van der Waals surface area contributed by atoms with Gasteiger partial charge in [-0.25, -0.2) is 19.6 Å². The molecule has 5 heterocycles. The molecule has 5 amide bonds. The third-order valence-corrected chi connectivity index (χ3v) is 7.34. The third-order valence-electron chi connectivity index (χ3n) is 7.34. The summed E-state index contributed by atoms with van der Waals surface area (Å²) in [4.78, 5) is 51.7. The van der Waals surface area contributed by atoms with Gasteiger partial charge in [-0.15, -0.1) is 0 Å². The van der Waals surface area contributed by atoms with Gasteiger partial charge in [-0.2, -0.15) is 0 Å². The molecule has 5 aliphatic rings. The molecule has 0 aromatic rings. The number of guanidine groups is 2. The number of carbonyl (C=O) groups excluding carboxylic acids is 3. The second kappa shape index (κ2) is 7.59. The molecule has 4 atom stereocenters. The maximum Gasteiger partial charge on any atom is 0.327 e. The van der Waals surface area contributed by atoms with Crippen molar-refractivity contribution in [2.75, 3.05) is 39.8 Å². The number of rotatable bonds is 3. The highest BCUT2D eigenvalue weighted by Gasteiger charge is 2.73. The average molecular weight is 479 g/mol. The van der Waals surface area contributed by atoms with E-state index in [1.807, 2.05) is 0 Å². The number of imide groups is 1. The van der Waals surface area contributed by atoms with Gasteiger partial charge in [-0.1, -0.05) is 0 Å². The van der Waals surface area contributed by atoms with Crippen molar-refractivity contribution >= 4 is 29.9 Å². The molecule has 0 bridgehead atoms. The SMILES string of the molecule is CN1CC(=O)N(CC2N=C(N)N3CC(NC(=O)N4CCCCC4)C(O)(O)[C@@]34NC(N)=N[C@@H]24)C1=O. The smallest absolute Gasteiger partial charge is 0.327 e. The van der Waals surface area contributed by atoms with E-state index in [1.54, 1.807) is 4.90 Å². The number of urea groups is 2. The predicted octanol–water partition coefficient (Wildman–Crippen LogP) is -3.88. The van der Waals surface area contributed by atoms with Crippen LogP contribution in [0.25, 0.3) is 0 Å². The number of aliphatic imine (C=N–C) groups is 2. The quantitative estimate of drug-likeness (QED) is 0.173. The minimum atomic E-state index is -2.57. The zero-order chi connectivity index (χ0) is 24.4. The van der Waals surface area contributed by atoms with Gasteiger partial charge < -0.3 is 47.0 Å². The summed E-state index contributed by atoms with van der Waals surface area (Å²) in [5.41, 5.74) is 10.5. The van der Waals surface area contributed by atoms with Crippen molar-refractivity contribution in [1.29, 1.82) is 0 Å². The molecule has 0 aromatic carbocycles. The third kappa shape index (κ3) is 3.06. The van der Waals surface area contributed by atoms with Crippen LogP contribution < -0.4 is 22.1 Å². The molecule has 15 heteroatoms. The Morgan fingerprint density at radius 2 is 1.91 bits per heavy atom. The maximum absolute atomic E-state index is 12.8. The van der Waals surface area contributed by atoms with Crippen LogP contribution in [0.3, 0.4) is 0 Å². The van der Waals surface area contributed by atoms with E-state index < -0.39 is 47.5 Å². The molecule has 0 saturated carbocycles. The van der Waals surface area contributed by atoms with E-state index in [2.05, 4.69) is 20.6 Å². The van der Waals surface area contributed by atoms with Crippen LogP contribution in [0, 0.1) is 0 Å². The van der Waals surface area contributed by atoms with Crippen molar-refractivity contribution in [3.8, 4) is 0 Å². The number of piperidine rings is 1. The first-order valence-corrected chi connectivity index (χ1v) is 11.3. The Labute approximate surface area is 195 Å². The molecule has 0 radical (unpaired) electrons. The highest BCUT2D eigenvalue weighted by molar-refractivity contribution is 6.02. The van der Waals surface area contributed by atoms with Gasteiger partial charge in [0, 0.05) is 26.7 Å². The van der Waals surface area contributed by atoms with E-state index in [0.717, 1.165) is 24.2 Å². The van der Waals surface area contributed by atoms with Gasteiger partial charge >= 0.3 is 12.1 Å². The highest BCUT2D eigenvalue weighted by Crippen LogP contribution is 2.45. The first-order chi connectivity index (χ1) is 16.1. The molecule has 8 N–H and O–H groups in total. The molecule has 3 saturated heterocycles. The lowest BCUT2D eigenvalue weighted by Gasteiger charge is -2.49. The summed E-state index contributed by atoms with van der Waals surface area (Å²) in [5.74, 6) is -3.09. The summed E-state index contributed by atoms with van der Waals surface area (Å²) in [5, 5.41) is 28.5. The molecule has 3 fully saturated rings. The lowest BCUT2D eigenvalue weighted by Crippen LogP contribution is -2.78. The Morgan fingerprint density at radius 3 is 2.56 bits per heavy atom. The van der Waals surface area contributed by atoms with E-state index in [0.29, 0.717) is 13.1 Å². The summed E-state index contributed by atoms with van der Waals surface area (Å²) in [6.07, 6.45) is 2.81. The minimum absolute atomic E-state index is 0.0479. The second-order valence-electron chi connectivity index (χ2n) is 9.43. The first kappa shape index (κ1) is 22.5. The van der Waals surface area contributed by atoms with Crippen molar-refractivity contribution in [3.05, 3.63) is 0 Å². The average Bonchev–Trinajstić information content (AvgIpc) is 3.35. The number of carbonyl (C=O) groups is 3. The van der Waals surface area contributed by atoms with Crippen LogP contribution in [0.4, 0.5) is 9.59 Å². The zero-order valence-corrected chi connectivity index (χ0v) is 18.8. The Bertz CT molecular complexity index is 979. The summed E-state index contributed by atoms with van der Waals surface area (Å²) < 4.78 is 0. The monoisotopic (exact) mass is 478 g/mol. The lowest BCUT2D eigenvalue weighted by molar-refractivity contribution is -0.230. The topological polar surface area (TPSA) is 205 Å². The Kier molecular flexibility index (Phi) is 5.02. The molecule has 2 unspecified atom stereocenters. The standard InChI is InChI=1S/C19H30N10O5/c1-26-9-12(30)28(17(26)32)7-10-13-18(25-14(20)24-13)19(33,34)11(8-29(18)15(21)22-10)23-16(31)27-5-3-2-4-6-27/h10-11,13,33-34H,2-9H2,1H3,(H2,21,22)(H,23,31)(H3,20,24,25)/t10?,11?,13-,18-/m0/s1. The Hall–Kier alpha value is -3.33. The van der Waals surface area contributed by atoms with Crippen molar-refractivity contribution in [2.45, 2.75) is 48.8 Å². The van der Waals surface area contributed by atoms with Crippen LogP contribution in [-0.4, -0.2) is 129 Å². The number of likely N-dealkylation sites (tertiary alicyclic amines) is 1.